The molecule has 1 heterocycles. The molecular weight excluding hydrogens is 368 g/mol. The van der Waals surface area contributed by atoms with E-state index >= 15 is 0 Å². The van der Waals surface area contributed by atoms with E-state index in [1.165, 1.54) is 0 Å². The van der Waals surface area contributed by atoms with Crippen molar-refractivity contribution in [3.8, 4) is 5.75 Å². The summed E-state index contributed by atoms with van der Waals surface area (Å²) in [5.74, 6) is 0.400. The zero-order chi connectivity index (χ0) is 20.8. The third-order valence-corrected chi connectivity index (χ3v) is 5.05. The van der Waals surface area contributed by atoms with Crippen LogP contribution in [-0.4, -0.2) is 64.1 Å². The molecule has 7 heteroatoms. The molecule has 0 radical (unpaired) electrons. The molecule has 2 amide bonds. The summed E-state index contributed by atoms with van der Waals surface area (Å²) in [6, 6.07) is 15.4. The van der Waals surface area contributed by atoms with Gasteiger partial charge in [0.25, 0.3) is 0 Å². The predicted octanol–water partition coefficient (Wildman–Crippen LogP) is 2.44. The SMILES string of the molecule is COc1ccc(N2CCN(C(=O)CC(=O)Nc3ccc(N(C)C)cc3)CC2)cc1. The lowest BCUT2D eigenvalue weighted by Gasteiger charge is -2.36. The van der Waals surface area contributed by atoms with Gasteiger partial charge >= 0.3 is 0 Å². The van der Waals surface area contributed by atoms with Gasteiger partial charge in [-0.05, 0) is 48.5 Å². The highest BCUT2D eigenvalue weighted by Crippen LogP contribution is 2.21. The van der Waals surface area contributed by atoms with Gasteiger partial charge in [-0.3, -0.25) is 9.59 Å². The summed E-state index contributed by atoms with van der Waals surface area (Å²) in [6.07, 6.45) is -0.141. The van der Waals surface area contributed by atoms with E-state index in [0.717, 1.165) is 30.2 Å². The Bertz CT molecular complexity index is 826. The van der Waals surface area contributed by atoms with Gasteiger partial charge in [-0.2, -0.15) is 0 Å². The van der Waals surface area contributed by atoms with Crippen LogP contribution in [0.5, 0.6) is 5.75 Å². The fourth-order valence-electron chi connectivity index (χ4n) is 3.30. The van der Waals surface area contributed by atoms with E-state index < -0.39 is 0 Å². The van der Waals surface area contributed by atoms with Crippen LogP contribution in [0.3, 0.4) is 0 Å². The van der Waals surface area contributed by atoms with Crippen LogP contribution in [0.2, 0.25) is 0 Å². The van der Waals surface area contributed by atoms with Gasteiger partial charge in [0.05, 0.1) is 7.11 Å². The van der Waals surface area contributed by atoms with Crippen molar-refractivity contribution in [3.63, 3.8) is 0 Å². The number of rotatable bonds is 6. The molecule has 0 aromatic heterocycles. The lowest BCUT2D eigenvalue weighted by molar-refractivity contribution is -0.134. The third kappa shape index (κ3) is 5.40. The average molecular weight is 396 g/mol. The summed E-state index contributed by atoms with van der Waals surface area (Å²) >= 11 is 0. The van der Waals surface area contributed by atoms with E-state index in [1.54, 1.807) is 12.0 Å². The lowest BCUT2D eigenvalue weighted by Crippen LogP contribution is -2.49. The van der Waals surface area contributed by atoms with E-state index in [-0.39, 0.29) is 18.2 Å². The topological polar surface area (TPSA) is 65.1 Å². The number of carbonyl (C=O) groups is 2. The first-order chi connectivity index (χ1) is 14.0. The molecule has 1 N–H and O–H groups in total. The minimum absolute atomic E-state index is 0.137. The number of ether oxygens (including phenoxy) is 1. The maximum atomic E-state index is 12.5. The van der Waals surface area contributed by atoms with Crippen molar-refractivity contribution in [2.75, 3.05) is 62.5 Å². The van der Waals surface area contributed by atoms with Crippen LogP contribution in [0.15, 0.2) is 48.5 Å². The van der Waals surface area contributed by atoms with E-state index in [2.05, 4.69) is 10.2 Å². The Morgan fingerprint density at radius 1 is 0.966 bits per heavy atom. The molecule has 0 unspecified atom stereocenters. The number of nitrogens with one attached hydrogen (secondary N) is 1. The number of hydrogen-bond acceptors (Lipinski definition) is 5. The molecule has 1 aliphatic heterocycles. The Hall–Kier alpha value is -3.22. The minimum Gasteiger partial charge on any atom is -0.497 e. The largest absolute Gasteiger partial charge is 0.497 e. The molecule has 29 heavy (non-hydrogen) atoms. The molecule has 1 saturated heterocycles. The van der Waals surface area contributed by atoms with Crippen molar-refractivity contribution >= 4 is 28.9 Å². The monoisotopic (exact) mass is 396 g/mol. The first-order valence-electron chi connectivity index (χ1n) is 9.70. The molecule has 0 saturated carbocycles. The summed E-state index contributed by atoms with van der Waals surface area (Å²) in [4.78, 5) is 30.7. The smallest absolute Gasteiger partial charge is 0.233 e. The highest BCUT2D eigenvalue weighted by molar-refractivity contribution is 6.03. The van der Waals surface area contributed by atoms with Gasteiger partial charge in [0.2, 0.25) is 11.8 Å². The van der Waals surface area contributed by atoms with Crippen molar-refractivity contribution in [2.24, 2.45) is 0 Å². The van der Waals surface area contributed by atoms with Gasteiger partial charge in [0.15, 0.2) is 0 Å². The number of carbonyl (C=O) groups excluding carboxylic acids is 2. The minimum atomic E-state index is -0.287. The number of benzene rings is 2. The van der Waals surface area contributed by atoms with Crippen LogP contribution in [-0.2, 0) is 9.59 Å². The lowest BCUT2D eigenvalue weighted by atomic mass is 10.2. The van der Waals surface area contributed by atoms with Crippen molar-refractivity contribution in [3.05, 3.63) is 48.5 Å². The molecule has 154 valence electrons. The van der Waals surface area contributed by atoms with Crippen molar-refractivity contribution in [1.82, 2.24) is 4.90 Å². The van der Waals surface area contributed by atoms with Gasteiger partial charge < -0.3 is 24.8 Å². The van der Waals surface area contributed by atoms with E-state index in [1.807, 2.05) is 67.5 Å². The zero-order valence-corrected chi connectivity index (χ0v) is 17.2. The highest BCUT2D eigenvalue weighted by atomic mass is 16.5. The second-order valence-corrected chi connectivity index (χ2v) is 7.23. The van der Waals surface area contributed by atoms with Crippen molar-refractivity contribution < 1.29 is 14.3 Å². The molecule has 1 fully saturated rings. The number of nitrogens with zero attached hydrogens (tertiary/aromatic N) is 3. The molecule has 0 bridgehead atoms. The van der Waals surface area contributed by atoms with Crippen LogP contribution in [0.25, 0.3) is 0 Å². The number of anilines is 3. The Labute approximate surface area is 171 Å². The molecular formula is C22H28N4O3. The van der Waals surface area contributed by atoms with Crippen LogP contribution < -0.4 is 19.9 Å². The summed E-state index contributed by atoms with van der Waals surface area (Å²) in [5, 5.41) is 2.80. The van der Waals surface area contributed by atoms with Gasteiger partial charge in [-0.25, -0.2) is 0 Å². The van der Waals surface area contributed by atoms with Crippen molar-refractivity contribution in [1.29, 1.82) is 0 Å². The molecule has 2 aromatic rings. The average Bonchev–Trinajstić information content (AvgIpc) is 2.74. The first kappa shape index (κ1) is 20.5. The number of piperazine rings is 1. The van der Waals surface area contributed by atoms with Crippen LogP contribution in [0.4, 0.5) is 17.1 Å². The Morgan fingerprint density at radius 3 is 2.14 bits per heavy atom. The number of hydrogen-bond donors (Lipinski definition) is 1. The molecule has 0 aliphatic carbocycles. The van der Waals surface area contributed by atoms with E-state index in [4.69, 9.17) is 4.74 Å². The quantitative estimate of drug-likeness (QED) is 0.760. The van der Waals surface area contributed by atoms with Crippen LogP contribution in [0.1, 0.15) is 6.42 Å². The zero-order valence-electron chi connectivity index (χ0n) is 17.2. The van der Waals surface area contributed by atoms with Gasteiger partial charge in [-0.1, -0.05) is 0 Å². The summed E-state index contributed by atoms with van der Waals surface area (Å²) in [5.41, 5.74) is 2.85. The molecule has 7 nitrogen and oxygen atoms in total. The highest BCUT2D eigenvalue weighted by Gasteiger charge is 2.23. The summed E-state index contributed by atoms with van der Waals surface area (Å²) in [7, 11) is 5.57. The number of methoxy groups -OCH3 is 1. The first-order valence-corrected chi connectivity index (χ1v) is 9.70. The standard InChI is InChI=1S/C22H28N4O3/c1-24(2)18-6-4-17(5-7-18)23-21(27)16-22(28)26-14-12-25(13-15-26)19-8-10-20(29-3)11-9-19/h4-11H,12-16H2,1-3H3,(H,23,27). The van der Waals surface area contributed by atoms with E-state index in [0.29, 0.717) is 18.8 Å². The third-order valence-electron chi connectivity index (χ3n) is 5.05. The normalized spacial score (nSPS) is 13.8. The molecule has 0 atom stereocenters. The van der Waals surface area contributed by atoms with Gasteiger partial charge in [-0.15, -0.1) is 0 Å². The predicted molar refractivity (Wildman–Crippen MR) is 116 cm³/mol. The summed E-state index contributed by atoms with van der Waals surface area (Å²) in [6.45, 7) is 2.70. The van der Waals surface area contributed by atoms with E-state index in [9.17, 15) is 9.59 Å². The molecule has 1 aliphatic rings. The van der Waals surface area contributed by atoms with Crippen molar-refractivity contribution in [2.45, 2.75) is 6.42 Å². The fraction of sp³-hybridized carbons (Fsp3) is 0.364. The summed E-state index contributed by atoms with van der Waals surface area (Å²) < 4.78 is 5.19. The Morgan fingerprint density at radius 2 is 1.59 bits per heavy atom. The van der Waals surface area contributed by atoms with Crippen LogP contribution in [0, 0.1) is 0 Å². The molecule has 2 aromatic carbocycles. The van der Waals surface area contributed by atoms with Gasteiger partial charge in [0, 0.05) is 57.3 Å². The Balaban J connectivity index is 1.46. The second-order valence-electron chi connectivity index (χ2n) is 7.23. The second kappa shape index (κ2) is 9.32. The maximum Gasteiger partial charge on any atom is 0.233 e. The van der Waals surface area contributed by atoms with Crippen LogP contribution >= 0.6 is 0 Å². The molecule has 3 rings (SSSR count). The fourth-order valence-corrected chi connectivity index (χ4v) is 3.30. The van der Waals surface area contributed by atoms with Gasteiger partial charge in [0.1, 0.15) is 12.2 Å². The maximum absolute atomic E-state index is 12.5. The Kier molecular flexibility index (Phi) is 6.59. The molecule has 0 spiro atoms. The number of amides is 2.